The number of aliphatic carboxylic acids is 1. The summed E-state index contributed by atoms with van der Waals surface area (Å²) in [6.45, 7) is -0.729. The van der Waals surface area contributed by atoms with Crippen LogP contribution in [0.1, 0.15) is 88.8 Å². The first-order chi connectivity index (χ1) is 19.9. The molecule has 3 heterocycles. The van der Waals surface area contributed by atoms with Crippen molar-refractivity contribution in [2.75, 3.05) is 13.7 Å². The van der Waals surface area contributed by atoms with Gasteiger partial charge in [0.05, 0.1) is 11.0 Å². The van der Waals surface area contributed by atoms with Crippen LogP contribution in [0.4, 0.5) is 0 Å². The normalized spacial score (nSPS) is 30.4. The standard InChI is InChI=1S/C31H41N5O5/c1-32-30(39)28(34-41-18-27(37)38)29-31(40)36(26-12-5-4-11-25(26)33-29)24-16-21-9-6-10-22(17-24)35(21)23-14-19-7-2-3-8-20(13-19)15-23/h4-5,11-12,19-24H,2-3,6-10,13-18H2,1H3,(H,32,39)(H,37,38)/t19?,20?,21-,22+,23?,24+. The van der Waals surface area contributed by atoms with E-state index in [0.717, 1.165) is 43.0 Å². The van der Waals surface area contributed by atoms with E-state index in [9.17, 15) is 14.4 Å². The molecule has 4 bridgehead atoms. The van der Waals surface area contributed by atoms with Crippen LogP contribution < -0.4 is 10.9 Å². The Morgan fingerprint density at radius 1 is 0.951 bits per heavy atom. The van der Waals surface area contributed by atoms with Crippen molar-refractivity contribution >= 4 is 28.6 Å². The Balaban J connectivity index is 1.35. The zero-order chi connectivity index (χ0) is 28.5. The quantitative estimate of drug-likeness (QED) is 0.387. The van der Waals surface area contributed by atoms with E-state index in [1.807, 2.05) is 28.8 Å². The van der Waals surface area contributed by atoms with Crippen LogP contribution in [-0.2, 0) is 14.4 Å². The van der Waals surface area contributed by atoms with E-state index >= 15 is 0 Å². The Morgan fingerprint density at radius 2 is 1.63 bits per heavy atom. The Morgan fingerprint density at radius 3 is 2.29 bits per heavy atom. The van der Waals surface area contributed by atoms with Gasteiger partial charge >= 0.3 is 5.97 Å². The van der Waals surface area contributed by atoms with Crippen molar-refractivity contribution in [3.05, 3.63) is 40.3 Å². The number of fused-ring (bicyclic) bond motifs is 5. The molecule has 220 valence electrons. The number of nitrogens with one attached hydrogen (secondary N) is 1. The van der Waals surface area contributed by atoms with Gasteiger partial charge in [0.25, 0.3) is 11.5 Å². The van der Waals surface area contributed by atoms with E-state index in [0.29, 0.717) is 23.6 Å². The Bertz CT molecular complexity index is 1360. The van der Waals surface area contributed by atoms with Gasteiger partial charge in [-0.1, -0.05) is 49.4 Å². The molecule has 5 atom stereocenters. The second-order valence-corrected chi connectivity index (χ2v) is 12.5. The first-order valence-electron chi connectivity index (χ1n) is 15.4. The van der Waals surface area contributed by atoms with Crippen LogP contribution in [0.15, 0.2) is 34.2 Å². The average molecular weight is 564 g/mol. The monoisotopic (exact) mass is 563 g/mol. The number of aromatic nitrogens is 2. The van der Waals surface area contributed by atoms with Crippen molar-refractivity contribution in [2.45, 2.75) is 101 Å². The molecule has 6 rings (SSSR count). The lowest BCUT2D eigenvalue weighted by Crippen LogP contribution is -2.58. The number of para-hydroxylation sites is 2. The van der Waals surface area contributed by atoms with Gasteiger partial charge in [0.1, 0.15) is 0 Å². The molecule has 1 amide bonds. The van der Waals surface area contributed by atoms with E-state index in [1.54, 1.807) is 0 Å². The van der Waals surface area contributed by atoms with Crippen LogP contribution in [-0.4, -0.2) is 68.9 Å². The minimum absolute atomic E-state index is 0.0301. The number of carboxylic acids is 1. The summed E-state index contributed by atoms with van der Waals surface area (Å²) in [5, 5.41) is 15.2. The van der Waals surface area contributed by atoms with Crippen LogP contribution in [0.3, 0.4) is 0 Å². The third-order valence-corrected chi connectivity index (χ3v) is 9.95. The van der Waals surface area contributed by atoms with Crippen LogP contribution in [0, 0.1) is 11.8 Å². The minimum atomic E-state index is -1.23. The molecule has 2 saturated carbocycles. The van der Waals surface area contributed by atoms with Crippen molar-refractivity contribution in [1.82, 2.24) is 19.8 Å². The number of piperidine rings is 2. The minimum Gasteiger partial charge on any atom is -0.479 e. The lowest BCUT2D eigenvalue weighted by molar-refractivity contribution is -0.142. The smallest absolute Gasteiger partial charge is 0.344 e. The Kier molecular flexibility index (Phi) is 8.10. The second-order valence-electron chi connectivity index (χ2n) is 12.5. The molecular formula is C31H41N5O5. The van der Waals surface area contributed by atoms with Crippen LogP contribution in [0.5, 0.6) is 0 Å². The van der Waals surface area contributed by atoms with Gasteiger partial charge in [0.15, 0.2) is 11.4 Å². The highest BCUT2D eigenvalue weighted by molar-refractivity contribution is 6.44. The van der Waals surface area contributed by atoms with Gasteiger partial charge in [-0.3, -0.25) is 14.5 Å². The molecule has 2 N–H and O–H groups in total. The van der Waals surface area contributed by atoms with E-state index < -0.39 is 24.0 Å². The van der Waals surface area contributed by atoms with Gasteiger partial charge in [0, 0.05) is 31.2 Å². The number of rotatable bonds is 7. The maximum atomic E-state index is 14.2. The number of hydrogen-bond acceptors (Lipinski definition) is 7. The lowest BCUT2D eigenvalue weighted by atomic mass is 9.73. The second kappa shape index (κ2) is 11.9. The fraction of sp³-hybridized carbons (Fsp3) is 0.645. The van der Waals surface area contributed by atoms with Crippen molar-refractivity contribution in [3.63, 3.8) is 0 Å². The van der Waals surface area contributed by atoms with E-state index in [-0.39, 0.29) is 17.4 Å². The van der Waals surface area contributed by atoms with Gasteiger partial charge in [0.2, 0.25) is 6.61 Å². The maximum absolute atomic E-state index is 14.2. The van der Waals surface area contributed by atoms with E-state index in [1.165, 1.54) is 58.4 Å². The summed E-state index contributed by atoms with van der Waals surface area (Å²) in [4.78, 5) is 50.3. The van der Waals surface area contributed by atoms with Crippen LogP contribution in [0.2, 0.25) is 0 Å². The molecule has 2 aliphatic carbocycles. The molecule has 1 aromatic carbocycles. The summed E-state index contributed by atoms with van der Waals surface area (Å²) in [5.74, 6) is -0.170. The highest BCUT2D eigenvalue weighted by Crippen LogP contribution is 2.47. The van der Waals surface area contributed by atoms with Crippen molar-refractivity contribution in [2.24, 2.45) is 17.0 Å². The molecule has 10 heteroatoms. The molecule has 2 aliphatic heterocycles. The highest BCUT2D eigenvalue weighted by Gasteiger charge is 2.45. The van der Waals surface area contributed by atoms with Gasteiger partial charge in [-0.25, -0.2) is 9.78 Å². The molecule has 0 radical (unpaired) electrons. The van der Waals surface area contributed by atoms with E-state index in [4.69, 9.17) is 9.94 Å². The summed E-state index contributed by atoms with van der Waals surface area (Å²) in [6.07, 6.45) is 14.9. The number of oxime groups is 1. The molecule has 4 aliphatic rings. The predicted molar refractivity (Wildman–Crippen MR) is 155 cm³/mol. The Hall–Kier alpha value is -3.27. The number of carboxylic acid groups (broad SMARTS) is 1. The number of carbonyl (C=O) groups excluding carboxylic acids is 1. The molecule has 0 spiro atoms. The SMILES string of the molecule is CNC(=O)C(=NOCC(=O)O)c1nc2ccccc2n([C@H]2C[C@H]3CCC[C@@H](C2)N3C2CC3CCCCC(C3)C2)c1=O. The molecule has 2 aromatic rings. The zero-order valence-corrected chi connectivity index (χ0v) is 23.8. The number of carbonyl (C=O) groups is 2. The first kappa shape index (κ1) is 27.9. The van der Waals surface area contributed by atoms with Crippen LogP contribution in [0.25, 0.3) is 11.0 Å². The molecule has 2 unspecified atom stereocenters. The fourth-order valence-electron chi connectivity index (χ4n) is 8.44. The molecular weight excluding hydrogens is 522 g/mol. The molecule has 10 nitrogen and oxygen atoms in total. The topological polar surface area (TPSA) is 126 Å². The number of amides is 1. The fourth-order valence-corrected chi connectivity index (χ4v) is 8.44. The zero-order valence-electron chi connectivity index (χ0n) is 23.8. The van der Waals surface area contributed by atoms with E-state index in [2.05, 4.69) is 20.4 Å². The van der Waals surface area contributed by atoms with Crippen molar-refractivity contribution in [3.8, 4) is 0 Å². The summed E-state index contributed by atoms with van der Waals surface area (Å²) in [7, 11) is 1.42. The van der Waals surface area contributed by atoms with Crippen molar-refractivity contribution < 1.29 is 19.5 Å². The predicted octanol–water partition coefficient (Wildman–Crippen LogP) is 3.86. The molecule has 2 saturated heterocycles. The third kappa shape index (κ3) is 5.63. The summed E-state index contributed by atoms with van der Waals surface area (Å²) in [6, 6.07) is 8.99. The van der Waals surface area contributed by atoms with Gasteiger partial charge in [-0.05, 0) is 68.9 Å². The number of hydrogen-bond donors (Lipinski definition) is 2. The Labute approximate surface area is 240 Å². The largest absolute Gasteiger partial charge is 0.479 e. The van der Waals surface area contributed by atoms with Gasteiger partial charge in [-0.2, -0.15) is 0 Å². The summed E-state index contributed by atoms with van der Waals surface area (Å²) < 4.78 is 1.83. The van der Waals surface area contributed by atoms with Crippen molar-refractivity contribution in [1.29, 1.82) is 0 Å². The maximum Gasteiger partial charge on any atom is 0.344 e. The van der Waals surface area contributed by atoms with Crippen LogP contribution >= 0.6 is 0 Å². The number of nitrogens with zero attached hydrogens (tertiary/aromatic N) is 4. The number of likely N-dealkylation sites (N-methyl/N-ethyl adjacent to an activating group) is 1. The first-order valence-corrected chi connectivity index (χ1v) is 15.4. The average Bonchev–Trinajstić information content (AvgIpc) is 3.13. The van der Waals surface area contributed by atoms with Gasteiger partial charge in [-0.15, -0.1) is 0 Å². The summed E-state index contributed by atoms with van der Waals surface area (Å²) >= 11 is 0. The lowest BCUT2D eigenvalue weighted by Gasteiger charge is -2.54. The molecule has 41 heavy (non-hydrogen) atoms. The summed E-state index contributed by atoms with van der Waals surface area (Å²) in [5.41, 5.74) is 0.480. The van der Waals surface area contributed by atoms with Gasteiger partial charge < -0.3 is 19.8 Å². The number of benzene rings is 1. The third-order valence-electron chi connectivity index (χ3n) is 9.95. The molecule has 4 fully saturated rings. The highest BCUT2D eigenvalue weighted by atomic mass is 16.6. The molecule has 1 aromatic heterocycles.